The van der Waals surface area contributed by atoms with Gasteiger partial charge in [0.2, 0.25) is 0 Å². The van der Waals surface area contributed by atoms with Crippen LogP contribution in [0.2, 0.25) is 0 Å². The number of hydrogen-bond donors (Lipinski definition) is 3. The van der Waals surface area contributed by atoms with Crippen LogP contribution in [0.5, 0.6) is 0 Å². The number of anilines is 3. The third-order valence-corrected chi connectivity index (χ3v) is 5.12. The Kier molecular flexibility index (Phi) is 3.52. The zero-order chi connectivity index (χ0) is 17.6. The van der Waals surface area contributed by atoms with Gasteiger partial charge in [0.15, 0.2) is 0 Å². The first kappa shape index (κ1) is 15.7. The van der Waals surface area contributed by atoms with Crippen LogP contribution in [0.4, 0.5) is 17.2 Å². The maximum absolute atomic E-state index is 13.2. The molecular weight excluding hydrogens is 318 g/mol. The van der Waals surface area contributed by atoms with E-state index >= 15 is 0 Å². The predicted octanol–water partition coefficient (Wildman–Crippen LogP) is 2.24. The lowest BCUT2D eigenvalue weighted by Crippen LogP contribution is -2.48. The first-order valence-electron chi connectivity index (χ1n) is 8.58. The summed E-state index contributed by atoms with van der Waals surface area (Å²) in [5.74, 6) is 0.222. The Bertz CT molecular complexity index is 912. The summed E-state index contributed by atoms with van der Waals surface area (Å²) in [6, 6.07) is 5.15. The van der Waals surface area contributed by atoms with E-state index in [4.69, 9.17) is 5.73 Å². The number of hydrogen-bond acceptors (Lipinski definition) is 5. The van der Waals surface area contributed by atoms with Crippen molar-refractivity contribution in [3.05, 3.63) is 46.0 Å². The quantitative estimate of drug-likeness (QED) is 0.779. The van der Waals surface area contributed by atoms with Crippen molar-refractivity contribution in [2.45, 2.75) is 44.7 Å². The number of nitrogens with one attached hydrogen (secondary N) is 2. The van der Waals surface area contributed by atoms with Gasteiger partial charge in [-0.25, -0.2) is 4.98 Å². The molecule has 7 nitrogen and oxygen atoms in total. The van der Waals surface area contributed by atoms with E-state index in [0.717, 1.165) is 37.7 Å². The summed E-state index contributed by atoms with van der Waals surface area (Å²) in [4.78, 5) is 29.7. The summed E-state index contributed by atoms with van der Waals surface area (Å²) in [5, 5.41) is 6.21. The molecule has 0 bridgehead atoms. The molecule has 130 valence electrons. The van der Waals surface area contributed by atoms with E-state index < -0.39 is 5.66 Å². The average molecular weight is 339 g/mol. The molecule has 7 heteroatoms. The Balaban J connectivity index is 1.84. The second-order valence-corrected chi connectivity index (χ2v) is 6.87. The Morgan fingerprint density at radius 3 is 2.72 bits per heavy atom. The number of carbonyl (C=O) groups excluding carboxylic acids is 1. The molecule has 1 amide bonds. The number of rotatable bonds is 2. The number of fused-ring (bicyclic) bond motifs is 2. The Morgan fingerprint density at radius 1 is 1.24 bits per heavy atom. The molecule has 4 rings (SSSR count). The zero-order valence-corrected chi connectivity index (χ0v) is 14.1. The van der Waals surface area contributed by atoms with Crippen molar-refractivity contribution in [1.29, 1.82) is 0 Å². The lowest BCUT2D eigenvalue weighted by molar-refractivity contribution is 0.0876. The fourth-order valence-electron chi connectivity index (χ4n) is 4.02. The van der Waals surface area contributed by atoms with Gasteiger partial charge in [-0.1, -0.05) is 6.42 Å². The number of pyridine rings is 2. The van der Waals surface area contributed by atoms with Crippen LogP contribution in [0.25, 0.3) is 0 Å². The molecule has 0 unspecified atom stereocenters. The second-order valence-electron chi connectivity index (χ2n) is 6.87. The normalized spacial score (nSPS) is 18.0. The van der Waals surface area contributed by atoms with Crippen molar-refractivity contribution < 1.29 is 4.79 Å². The lowest BCUT2D eigenvalue weighted by Gasteiger charge is -2.35. The standard InChI is InChI=1S/C18H21N5O2/c1-11-9-13(21-12-5-8-20-14(19)10-12)17(25)23-15(11)16(24)22-18(23)6-3-2-4-7-18/h5,8-10H,2-4,6-7H2,1H3,(H,22,24)(H3,19,20,21). The number of carbonyl (C=O) groups is 1. The average Bonchev–Trinajstić information content (AvgIpc) is 2.85. The van der Waals surface area contributed by atoms with Gasteiger partial charge in [-0.15, -0.1) is 0 Å². The first-order valence-corrected chi connectivity index (χ1v) is 8.58. The van der Waals surface area contributed by atoms with Crippen LogP contribution in [0.3, 0.4) is 0 Å². The highest BCUT2D eigenvalue weighted by Crippen LogP contribution is 2.37. The molecule has 2 aromatic heterocycles. The minimum absolute atomic E-state index is 0.156. The summed E-state index contributed by atoms with van der Waals surface area (Å²) >= 11 is 0. The molecule has 3 heterocycles. The largest absolute Gasteiger partial charge is 0.384 e. The molecule has 25 heavy (non-hydrogen) atoms. The van der Waals surface area contributed by atoms with Gasteiger partial charge >= 0.3 is 0 Å². The van der Waals surface area contributed by atoms with Crippen LogP contribution in [0, 0.1) is 6.92 Å². The van der Waals surface area contributed by atoms with E-state index in [1.165, 1.54) is 0 Å². The zero-order valence-electron chi connectivity index (χ0n) is 14.1. The number of nitrogens with zero attached hydrogens (tertiary/aromatic N) is 2. The second kappa shape index (κ2) is 5.61. The minimum Gasteiger partial charge on any atom is -0.384 e. The van der Waals surface area contributed by atoms with E-state index in [1.807, 2.05) is 6.92 Å². The summed E-state index contributed by atoms with van der Waals surface area (Å²) in [5.41, 5.74) is 7.34. The molecule has 2 aliphatic rings. The molecule has 0 atom stereocenters. The molecular formula is C18H21N5O2. The van der Waals surface area contributed by atoms with Crippen LogP contribution < -0.4 is 21.9 Å². The third-order valence-electron chi connectivity index (χ3n) is 5.12. The van der Waals surface area contributed by atoms with Crippen molar-refractivity contribution in [2.75, 3.05) is 11.1 Å². The molecule has 1 saturated carbocycles. The van der Waals surface area contributed by atoms with Crippen LogP contribution in [-0.4, -0.2) is 15.5 Å². The minimum atomic E-state index is -0.582. The van der Waals surface area contributed by atoms with Gasteiger partial charge in [0.25, 0.3) is 11.5 Å². The predicted molar refractivity (Wildman–Crippen MR) is 95.9 cm³/mol. The molecule has 1 aliphatic carbocycles. The van der Waals surface area contributed by atoms with Crippen molar-refractivity contribution in [3.63, 3.8) is 0 Å². The highest BCUT2D eigenvalue weighted by Gasteiger charge is 2.45. The van der Waals surface area contributed by atoms with Crippen molar-refractivity contribution >= 4 is 23.1 Å². The lowest BCUT2D eigenvalue weighted by atomic mass is 9.89. The van der Waals surface area contributed by atoms with Gasteiger partial charge in [0.1, 0.15) is 22.9 Å². The maximum Gasteiger partial charge on any atom is 0.276 e. The topological polar surface area (TPSA) is 102 Å². The van der Waals surface area contributed by atoms with Crippen molar-refractivity contribution in [1.82, 2.24) is 14.9 Å². The van der Waals surface area contributed by atoms with E-state index in [2.05, 4.69) is 15.6 Å². The number of nitrogens with two attached hydrogens (primary N) is 1. The highest BCUT2D eigenvalue weighted by atomic mass is 16.2. The molecule has 1 aliphatic heterocycles. The van der Waals surface area contributed by atoms with Gasteiger partial charge in [0, 0.05) is 18.0 Å². The summed E-state index contributed by atoms with van der Waals surface area (Å²) in [7, 11) is 0. The number of aromatic nitrogens is 2. The monoisotopic (exact) mass is 339 g/mol. The van der Waals surface area contributed by atoms with Gasteiger partial charge in [-0.05, 0) is 50.3 Å². The van der Waals surface area contributed by atoms with Gasteiger partial charge in [0.05, 0.1) is 0 Å². The van der Waals surface area contributed by atoms with Crippen LogP contribution >= 0.6 is 0 Å². The third kappa shape index (κ3) is 2.47. The van der Waals surface area contributed by atoms with Crippen molar-refractivity contribution in [3.8, 4) is 0 Å². The first-order chi connectivity index (χ1) is 12.0. The van der Waals surface area contributed by atoms with Crippen LogP contribution in [0.1, 0.15) is 48.2 Å². The molecule has 0 aromatic carbocycles. The SMILES string of the molecule is Cc1cc(Nc2ccnc(N)c2)c(=O)n2c1C(=O)NC21CCCCC1. The summed E-state index contributed by atoms with van der Waals surface area (Å²) in [6.07, 6.45) is 6.30. The van der Waals surface area contributed by atoms with Crippen molar-refractivity contribution in [2.24, 2.45) is 0 Å². The van der Waals surface area contributed by atoms with E-state index in [9.17, 15) is 9.59 Å². The smallest absolute Gasteiger partial charge is 0.276 e. The molecule has 1 spiro atoms. The maximum atomic E-state index is 13.2. The van der Waals surface area contributed by atoms with Gasteiger partial charge in [-0.2, -0.15) is 0 Å². The molecule has 2 aromatic rings. The molecule has 0 saturated heterocycles. The Labute approximate surface area is 145 Å². The number of amides is 1. The van der Waals surface area contributed by atoms with E-state index in [0.29, 0.717) is 22.9 Å². The fraction of sp³-hybridized carbons (Fsp3) is 0.389. The number of aryl methyl sites for hydroxylation is 1. The summed E-state index contributed by atoms with van der Waals surface area (Å²) < 4.78 is 1.68. The number of nitrogen functional groups attached to an aromatic ring is 1. The van der Waals surface area contributed by atoms with Gasteiger partial charge in [-0.3, -0.25) is 14.2 Å². The van der Waals surface area contributed by atoms with Crippen LogP contribution in [0.15, 0.2) is 29.2 Å². The molecule has 0 radical (unpaired) electrons. The van der Waals surface area contributed by atoms with E-state index in [1.54, 1.807) is 29.0 Å². The summed E-state index contributed by atoms with van der Waals surface area (Å²) in [6.45, 7) is 1.86. The fourth-order valence-corrected chi connectivity index (χ4v) is 4.02. The van der Waals surface area contributed by atoms with E-state index in [-0.39, 0.29) is 11.5 Å². The van der Waals surface area contributed by atoms with Crippen LogP contribution in [-0.2, 0) is 5.66 Å². The van der Waals surface area contributed by atoms with Gasteiger partial charge < -0.3 is 16.4 Å². The molecule has 1 fully saturated rings. The molecule has 4 N–H and O–H groups in total. The Hall–Kier alpha value is -2.83. The Morgan fingerprint density at radius 2 is 2.00 bits per heavy atom. The highest BCUT2D eigenvalue weighted by molar-refractivity contribution is 5.97.